The van der Waals surface area contributed by atoms with Crippen LogP contribution in [0.25, 0.3) is 11.0 Å². The summed E-state index contributed by atoms with van der Waals surface area (Å²) >= 11 is 0. The molecule has 0 amide bonds. The Bertz CT molecular complexity index is 462. The Morgan fingerprint density at radius 2 is 2.06 bits per heavy atom. The lowest BCUT2D eigenvalue weighted by molar-refractivity contribution is 0.414. The molecule has 4 heteroatoms. The van der Waals surface area contributed by atoms with Crippen LogP contribution in [-0.4, -0.2) is 21.9 Å². The van der Waals surface area contributed by atoms with E-state index in [1.54, 1.807) is 13.3 Å². The maximum absolute atomic E-state index is 5.26. The Labute approximate surface area is 96.2 Å². The van der Waals surface area contributed by atoms with Crippen molar-refractivity contribution in [1.29, 1.82) is 0 Å². The van der Waals surface area contributed by atoms with Gasteiger partial charge in [-0.15, -0.1) is 5.10 Å². The first-order chi connectivity index (χ1) is 7.77. The van der Waals surface area contributed by atoms with E-state index in [-0.39, 0.29) is 0 Å². The van der Waals surface area contributed by atoms with Crippen molar-refractivity contribution in [3.8, 4) is 5.75 Å². The molecule has 0 N–H and O–H groups in total. The number of aromatic nitrogens is 3. The number of aryl methyl sites for hydroxylation is 2. The van der Waals surface area contributed by atoms with E-state index in [1.165, 1.54) is 0 Å². The van der Waals surface area contributed by atoms with E-state index in [0.29, 0.717) is 0 Å². The minimum atomic E-state index is 0.782. The van der Waals surface area contributed by atoms with Crippen molar-refractivity contribution in [3.63, 3.8) is 0 Å². The van der Waals surface area contributed by atoms with Gasteiger partial charge in [-0.25, -0.2) is 0 Å². The molecular weight excluding hydrogens is 202 g/mol. The van der Waals surface area contributed by atoms with Crippen molar-refractivity contribution < 1.29 is 4.74 Å². The third kappa shape index (κ3) is 2.01. The third-order valence-corrected chi connectivity index (χ3v) is 2.36. The number of methoxy groups -OCH3 is 1. The van der Waals surface area contributed by atoms with Gasteiger partial charge in [0.1, 0.15) is 11.0 Å². The van der Waals surface area contributed by atoms with Gasteiger partial charge in [-0.1, -0.05) is 13.8 Å². The zero-order valence-corrected chi connectivity index (χ0v) is 10.6. The summed E-state index contributed by atoms with van der Waals surface area (Å²) in [5, 5.41) is 8.01. The van der Waals surface area contributed by atoms with Crippen LogP contribution < -0.4 is 4.74 Å². The molecule has 2 heterocycles. The molecule has 0 fully saturated rings. The molecular formula is C12H19N3O. The Morgan fingerprint density at radius 3 is 2.62 bits per heavy atom. The predicted octanol–water partition coefficient (Wildman–Crippen LogP) is 2.79. The van der Waals surface area contributed by atoms with Gasteiger partial charge >= 0.3 is 0 Å². The number of hydrogen-bond donors (Lipinski definition) is 0. The lowest BCUT2D eigenvalue weighted by Gasteiger charge is -2.04. The molecule has 0 aliphatic rings. The van der Waals surface area contributed by atoms with Crippen LogP contribution in [0, 0.1) is 6.92 Å². The molecule has 2 aromatic rings. The molecule has 0 aromatic carbocycles. The van der Waals surface area contributed by atoms with Gasteiger partial charge in [-0.3, -0.25) is 0 Å². The molecule has 0 unspecified atom stereocenters. The highest BCUT2D eigenvalue weighted by Crippen LogP contribution is 2.26. The first-order valence-electron chi connectivity index (χ1n) is 5.63. The van der Waals surface area contributed by atoms with Crippen LogP contribution in [0.3, 0.4) is 0 Å². The monoisotopic (exact) mass is 221 g/mol. The summed E-state index contributed by atoms with van der Waals surface area (Å²) in [6, 6.07) is 0. The normalized spacial score (nSPS) is 9.81. The first-order valence-corrected chi connectivity index (χ1v) is 5.63. The molecule has 0 radical (unpaired) electrons. The molecule has 0 atom stereocenters. The van der Waals surface area contributed by atoms with Gasteiger partial charge in [-0.05, 0) is 19.4 Å². The standard InChI is InChI=1S/C10H13N3O.C2H6/c1-4-13-6-7(2)9-10(13)8(14-3)5-11-12-9;1-2/h5-6H,4H2,1-3H3;1-2H3. The minimum absolute atomic E-state index is 0.782. The van der Waals surface area contributed by atoms with Crippen LogP contribution >= 0.6 is 0 Å². The largest absolute Gasteiger partial charge is 0.493 e. The van der Waals surface area contributed by atoms with E-state index in [2.05, 4.69) is 27.9 Å². The molecule has 0 aliphatic carbocycles. The topological polar surface area (TPSA) is 39.9 Å². The second kappa shape index (κ2) is 5.49. The molecule has 16 heavy (non-hydrogen) atoms. The van der Waals surface area contributed by atoms with E-state index in [9.17, 15) is 0 Å². The van der Waals surface area contributed by atoms with E-state index in [4.69, 9.17) is 4.74 Å². The Kier molecular flexibility index (Phi) is 4.28. The van der Waals surface area contributed by atoms with E-state index < -0.39 is 0 Å². The Balaban J connectivity index is 0.000000606. The quantitative estimate of drug-likeness (QED) is 0.782. The fourth-order valence-corrected chi connectivity index (χ4v) is 1.67. The van der Waals surface area contributed by atoms with E-state index in [1.807, 2.05) is 20.8 Å². The summed E-state index contributed by atoms with van der Waals surface area (Å²) in [6.07, 6.45) is 3.72. The fourth-order valence-electron chi connectivity index (χ4n) is 1.67. The van der Waals surface area contributed by atoms with Gasteiger partial charge in [0.2, 0.25) is 0 Å². The van der Waals surface area contributed by atoms with Crippen LogP contribution in [0.4, 0.5) is 0 Å². The predicted molar refractivity (Wildman–Crippen MR) is 65.8 cm³/mol. The highest BCUT2D eigenvalue weighted by Gasteiger charge is 2.10. The van der Waals surface area contributed by atoms with Crippen molar-refractivity contribution in [2.75, 3.05) is 7.11 Å². The summed E-state index contributed by atoms with van der Waals surface area (Å²) in [5.41, 5.74) is 3.09. The van der Waals surface area contributed by atoms with Crippen LogP contribution in [0.15, 0.2) is 12.4 Å². The zero-order valence-electron chi connectivity index (χ0n) is 10.6. The maximum Gasteiger partial charge on any atom is 0.164 e. The van der Waals surface area contributed by atoms with Crippen molar-refractivity contribution >= 4 is 11.0 Å². The highest BCUT2D eigenvalue weighted by molar-refractivity contribution is 5.84. The number of rotatable bonds is 2. The molecule has 0 saturated carbocycles. The Hall–Kier alpha value is -1.58. The lowest BCUT2D eigenvalue weighted by atomic mass is 10.3. The molecule has 0 aliphatic heterocycles. The fraction of sp³-hybridized carbons (Fsp3) is 0.500. The maximum atomic E-state index is 5.26. The van der Waals surface area contributed by atoms with Crippen LogP contribution in [0.1, 0.15) is 26.3 Å². The van der Waals surface area contributed by atoms with Gasteiger partial charge < -0.3 is 9.30 Å². The number of fused-ring (bicyclic) bond motifs is 1. The third-order valence-electron chi connectivity index (χ3n) is 2.36. The van der Waals surface area contributed by atoms with Gasteiger partial charge in [0.25, 0.3) is 0 Å². The zero-order chi connectivity index (χ0) is 12.1. The van der Waals surface area contributed by atoms with Gasteiger partial charge in [0, 0.05) is 12.7 Å². The molecule has 2 aromatic heterocycles. The number of hydrogen-bond acceptors (Lipinski definition) is 3. The van der Waals surface area contributed by atoms with Crippen LogP contribution in [0.2, 0.25) is 0 Å². The molecule has 2 rings (SSSR count). The molecule has 4 nitrogen and oxygen atoms in total. The molecule has 0 bridgehead atoms. The van der Waals surface area contributed by atoms with Gasteiger partial charge in [0.15, 0.2) is 5.75 Å². The average molecular weight is 221 g/mol. The SMILES string of the molecule is CC.CCn1cc(C)c2nncc(OC)c21. The summed E-state index contributed by atoms with van der Waals surface area (Å²) in [6.45, 7) is 9.04. The second-order valence-corrected chi connectivity index (χ2v) is 3.21. The molecule has 0 saturated heterocycles. The number of ether oxygens (including phenoxy) is 1. The summed E-state index contributed by atoms with van der Waals surface area (Å²) in [4.78, 5) is 0. The number of nitrogens with zero attached hydrogens (tertiary/aromatic N) is 3. The second-order valence-electron chi connectivity index (χ2n) is 3.21. The van der Waals surface area contributed by atoms with Crippen LogP contribution in [-0.2, 0) is 6.54 Å². The van der Waals surface area contributed by atoms with Crippen molar-refractivity contribution in [3.05, 3.63) is 18.0 Å². The Morgan fingerprint density at radius 1 is 1.38 bits per heavy atom. The van der Waals surface area contributed by atoms with Crippen LogP contribution in [0.5, 0.6) is 5.75 Å². The van der Waals surface area contributed by atoms with E-state index in [0.717, 1.165) is 28.9 Å². The van der Waals surface area contributed by atoms with Gasteiger partial charge in [0.05, 0.1) is 13.3 Å². The molecule has 88 valence electrons. The van der Waals surface area contributed by atoms with E-state index >= 15 is 0 Å². The van der Waals surface area contributed by atoms with Crippen molar-refractivity contribution in [2.24, 2.45) is 0 Å². The first kappa shape index (κ1) is 12.5. The summed E-state index contributed by atoms with van der Waals surface area (Å²) in [5.74, 6) is 0.782. The summed E-state index contributed by atoms with van der Waals surface area (Å²) in [7, 11) is 1.65. The highest BCUT2D eigenvalue weighted by atomic mass is 16.5. The summed E-state index contributed by atoms with van der Waals surface area (Å²) < 4.78 is 7.38. The average Bonchev–Trinajstić information content (AvgIpc) is 2.69. The molecule has 0 spiro atoms. The minimum Gasteiger partial charge on any atom is -0.493 e. The smallest absolute Gasteiger partial charge is 0.164 e. The van der Waals surface area contributed by atoms with Gasteiger partial charge in [-0.2, -0.15) is 5.10 Å². The van der Waals surface area contributed by atoms with Crippen molar-refractivity contribution in [1.82, 2.24) is 14.8 Å². The van der Waals surface area contributed by atoms with Crippen molar-refractivity contribution in [2.45, 2.75) is 34.2 Å². The lowest BCUT2D eigenvalue weighted by Crippen LogP contribution is -1.95.